The number of nitrogens with zero attached hydrogens (tertiary/aromatic N) is 2. The number of fused-ring (bicyclic) bond motifs is 5. The quantitative estimate of drug-likeness (QED) is 0.601. The van der Waals surface area contributed by atoms with E-state index in [1.165, 1.54) is 33.2 Å². The monoisotopic (exact) mass is 274 g/mol. The highest BCUT2D eigenvalue weighted by Gasteiger charge is 2.39. The number of aryl methyl sites for hydroxylation is 2. The van der Waals surface area contributed by atoms with Crippen molar-refractivity contribution in [1.29, 1.82) is 0 Å². The number of benzene rings is 2. The lowest BCUT2D eigenvalue weighted by Gasteiger charge is -2.22. The molecule has 0 unspecified atom stereocenters. The molecule has 1 aliphatic rings. The molecule has 104 valence electrons. The molecule has 0 N–H and O–H groups in total. The van der Waals surface area contributed by atoms with E-state index in [4.69, 9.17) is 4.98 Å². The summed E-state index contributed by atoms with van der Waals surface area (Å²) in [7, 11) is 0. The number of rotatable bonds is 0. The van der Waals surface area contributed by atoms with Gasteiger partial charge in [-0.05, 0) is 35.7 Å². The second kappa shape index (κ2) is 3.91. The third-order valence-electron chi connectivity index (χ3n) is 4.62. The molecule has 0 bridgehead atoms. The van der Waals surface area contributed by atoms with Crippen LogP contribution in [0.4, 0.5) is 0 Å². The van der Waals surface area contributed by atoms with Gasteiger partial charge < -0.3 is 0 Å². The van der Waals surface area contributed by atoms with Gasteiger partial charge >= 0.3 is 0 Å². The van der Waals surface area contributed by atoms with Crippen LogP contribution in [0.15, 0.2) is 36.4 Å². The largest absolute Gasteiger partial charge is 0.238 e. The lowest BCUT2D eigenvalue weighted by Crippen LogP contribution is -2.18. The molecule has 21 heavy (non-hydrogen) atoms. The second-order valence-electron chi connectivity index (χ2n) is 6.41. The third kappa shape index (κ3) is 1.53. The van der Waals surface area contributed by atoms with Crippen molar-refractivity contribution < 1.29 is 0 Å². The molecule has 0 spiro atoms. The van der Waals surface area contributed by atoms with Crippen molar-refractivity contribution in [2.45, 2.75) is 33.1 Å². The predicted octanol–water partition coefficient (Wildman–Crippen LogP) is 4.55. The van der Waals surface area contributed by atoms with E-state index in [2.05, 4.69) is 62.2 Å². The molecule has 0 saturated heterocycles. The molecule has 0 amide bonds. The lowest BCUT2D eigenvalue weighted by molar-refractivity contribution is 0.635. The van der Waals surface area contributed by atoms with Gasteiger partial charge in [-0.25, -0.2) is 9.97 Å². The molecule has 1 aromatic heterocycles. The fourth-order valence-electron chi connectivity index (χ4n) is 3.76. The van der Waals surface area contributed by atoms with E-state index in [1.807, 2.05) is 6.92 Å². The van der Waals surface area contributed by atoms with E-state index in [1.54, 1.807) is 0 Å². The molecule has 0 fully saturated rings. The highest BCUT2D eigenvalue weighted by molar-refractivity contribution is 5.97. The highest BCUT2D eigenvalue weighted by atomic mass is 14.9. The number of hydrogen-bond donors (Lipinski definition) is 0. The van der Waals surface area contributed by atoms with Gasteiger partial charge in [-0.3, -0.25) is 0 Å². The second-order valence-corrected chi connectivity index (χ2v) is 6.41. The minimum Gasteiger partial charge on any atom is -0.238 e. The van der Waals surface area contributed by atoms with Crippen molar-refractivity contribution >= 4 is 10.8 Å². The van der Waals surface area contributed by atoms with Gasteiger partial charge in [0.05, 0.1) is 5.69 Å². The fourth-order valence-corrected chi connectivity index (χ4v) is 3.76. The van der Waals surface area contributed by atoms with Gasteiger partial charge in [0, 0.05) is 16.7 Å². The van der Waals surface area contributed by atoms with Gasteiger partial charge in [0.2, 0.25) is 0 Å². The van der Waals surface area contributed by atoms with Crippen LogP contribution in [-0.4, -0.2) is 9.97 Å². The van der Waals surface area contributed by atoms with E-state index in [9.17, 15) is 0 Å². The molecule has 4 rings (SSSR count). The summed E-state index contributed by atoms with van der Waals surface area (Å²) in [6, 6.07) is 13.1. The molecule has 2 nitrogen and oxygen atoms in total. The molecule has 2 aromatic carbocycles. The van der Waals surface area contributed by atoms with Crippen LogP contribution < -0.4 is 0 Å². The molecule has 0 aliphatic heterocycles. The fraction of sp³-hybridized carbons (Fsp3) is 0.263. The van der Waals surface area contributed by atoms with Crippen LogP contribution in [-0.2, 0) is 5.41 Å². The maximum Gasteiger partial charge on any atom is 0.125 e. The maximum atomic E-state index is 4.78. The Bertz CT molecular complexity index is 891. The van der Waals surface area contributed by atoms with E-state index in [-0.39, 0.29) is 5.41 Å². The Balaban J connectivity index is 2.20. The first kappa shape index (κ1) is 12.5. The molecule has 1 aliphatic carbocycles. The van der Waals surface area contributed by atoms with Crippen molar-refractivity contribution in [2.24, 2.45) is 0 Å². The predicted molar refractivity (Wildman–Crippen MR) is 86.6 cm³/mol. The van der Waals surface area contributed by atoms with Crippen molar-refractivity contribution in [3.63, 3.8) is 0 Å². The Kier molecular flexibility index (Phi) is 2.33. The van der Waals surface area contributed by atoms with Crippen LogP contribution in [0.25, 0.3) is 21.9 Å². The summed E-state index contributed by atoms with van der Waals surface area (Å²) >= 11 is 0. The first-order valence-corrected chi connectivity index (χ1v) is 7.38. The molecule has 0 radical (unpaired) electrons. The molecule has 2 heteroatoms. The zero-order valence-electron chi connectivity index (χ0n) is 12.9. The van der Waals surface area contributed by atoms with Crippen molar-refractivity contribution in [1.82, 2.24) is 9.97 Å². The third-order valence-corrected chi connectivity index (χ3v) is 4.62. The molecule has 0 saturated carbocycles. The highest BCUT2D eigenvalue weighted by Crippen LogP contribution is 2.51. The topological polar surface area (TPSA) is 25.8 Å². The summed E-state index contributed by atoms with van der Waals surface area (Å²) in [5.41, 5.74) is 6.08. The summed E-state index contributed by atoms with van der Waals surface area (Å²) in [5, 5.41) is 2.62. The van der Waals surface area contributed by atoms with E-state index in [0.717, 1.165) is 11.5 Å². The van der Waals surface area contributed by atoms with Crippen LogP contribution >= 0.6 is 0 Å². The number of aromatic nitrogens is 2. The SMILES string of the molecule is Cc1nc(C)c2c(n1)C(C)(C)c1c-2ccc2ccccc12. The van der Waals surface area contributed by atoms with E-state index < -0.39 is 0 Å². The van der Waals surface area contributed by atoms with Crippen LogP contribution in [0.1, 0.15) is 36.6 Å². The Morgan fingerprint density at radius 3 is 2.48 bits per heavy atom. The van der Waals surface area contributed by atoms with Crippen LogP contribution in [0, 0.1) is 13.8 Å². The summed E-state index contributed by atoms with van der Waals surface area (Å²) in [4.78, 5) is 9.36. The average molecular weight is 274 g/mol. The number of hydrogen-bond acceptors (Lipinski definition) is 2. The molecule has 1 heterocycles. The summed E-state index contributed by atoms with van der Waals surface area (Å²) in [5.74, 6) is 0.858. The first-order chi connectivity index (χ1) is 10.00. The summed E-state index contributed by atoms with van der Waals surface area (Å²) in [6.07, 6.45) is 0. The van der Waals surface area contributed by atoms with Crippen molar-refractivity contribution in [2.75, 3.05) is 0 Å². The van der Waals surface area contributed by atoms with E-state index >= 15 is 0 Å². The van der Waals surface area contributed by atoms with E-state index in [0.29, 0.717) is 0 Å². The van der Waals surface area contributed by atoms with Gasteiger partial charge in [-0.2, -0.15) is 0 Å². The summed E-state index contributed by atoms with van der Waals surface area (Å²) < 4.78 is 0. The van der Waals surface area contributed by atoms with Gasteiger partial charge in [0.25, 0.3) is 0 Å². The first-order valence-electron chi connectivity index (χ1n) is 7.38. The van der Waals surface area contributed by atoms with Crippen molar-refractivity contribution in [3.8, 4) is 11.1 Å². The zero-order valence-corrected chi connectivity index (χ0v) is 12.9. The maximum absolute atomic E-state index is 4.78. The molecule has 3 aromatic rings. The lowest BCUT2D eigenvalue weighted by atomic mass is 9.82. The Morgan fingerprint density at radius 1 is 0.905 bits per heavy atom. The van der Waals surface area contributed by atoms with Crippen LogP contribution in [0.3, 0.4) is 0 Å². The summed E-state index contributed by atoms with van der Waals surface area (Å²) in [6.45, 7) is 8.62. The smallest absolute Gasteiger partial charge is 0.125 e. The Morgan fingerprint density at radius 2 is 1.67 bits per heavy atom. The molecular formula is C19H18N2. The Labute approximate surface area is 124 Å². The minimum absolute atomic E-state index is 0.0794. The van der Waals surface area contributed by atoms with Gasteiger partial charge in [0.15, 0.2) is 0 Å². The normalized spacial score (nSPS) is 15.0. The van der Waals surface area contributed by atoms with Gasteiger partial charge in [-0.15, -0.1) is 0 Å². The van der Waals surface area contributed by atoms with Gasteiger partial charge in [-0.1, -0.05) is 50.2 Å². The standard InChI is InChI=1S/C19H18N2/c1-11-16-15-10-9-13-7-5-6-8-14(13)17(15)19(3,4)18(16)21-12(2)20-11/h5-10H,1-4H3. The molecular weight excluding hydrogens is 256 g/mol. The van der Waals surface area contributed by atoms with Gasteiger partial charge in [0.1, 0.15) is 5.82 Å². The van der Waals surface area contributed by atoms with Crippen molar-refractivity contribution in [3.05, 3.63) is 59.2 Å². The zero-order chi connectivity index (χ0) is 14.8. The van der Waals surface area contributed by atoms with Crippen LogP contribution in [0.2, 0.25) is 0 Å². The Hall–Kier alpha value is -2.22. The minimum atomic E-state index is -0.0794. The molecule has 0 atom stereocenters. The van der Waals surface area contributed by atoms with Crippen LogP contribution in [0.5, 0.6) is 0 Å². The average Bonchev–Trinajstić information content (AvgIpc) is 2.68.